The van der Waals surface area contributed by atoms with Crippen LogP contribution in [0.5, 0.6) is 0 Å². The van der Waals surface area contributed by atoms with Crippen molar-refractivity contribution in [2.75, 3.05) is 0 Å². The maximum Gasteiger partial charge on any atom is 0.101 e. The maximum atomic E-state index is 9.10. The fourth-order valence-electron chi connectivity index (χ4n) is 2.38. The van der Waals surface area contributed by atoms with Gasteiger partial charge in [0.2, 0.25) is 0 Å². The van der Waals surface area contributed by atoms with E-state index >= 15 is 0 Å². The highest BCUT2D eigenvalue weighted by Gasteiger charge is 2.47. The molecule has 0 heterocycles. The number of allylic oxidation sites excluding steroid dienone is 2. The molecule has 0 spiro atoms. The molecule has 2 heteroatoms. The van der Waals surface area contributed by atoms with Gasteiger partial charge in [0.05, 0.1) is 6.07 Å². The minimum absolute atomic E-state index is 0.408. The minimum atomic E-state index is -0.408. The van der Waals surface area contributed by atoms with Crippen molar-refractivity contribution < 1.29 is 0 Å². The highest BCUT2D eigenvalue weighted by molar-refractivity contribution is 5.92. The molecule has 2 aliphatic rings. The normalized spacial score (nSPS) is 39.2. The van der Waals surface area contributed by atoms with Crippen LogP contribution < -0.4 is 0 Å². The second-order valence-corrected chi connectivity index (χ2v) is 3.71. The van der Waals surface area contributed by atoms with E-state index in [1.165, 1.54) is 0 Å². The van der Waals surface area contributed by atoms with Crippen LogP contribution in [-0.2, 0) is 0 Å². The fraction of sp³-hybridized carbons (Fsp3) is 0.600. The second kappa shape index (κ2) is 2.45. The molecule has 1 N–H and O–H groups in total. The van der Waals surface area contributed by atoms with Gasteiger partial charge in [0.25, 0.3) is 0 Å². The molecule has 0 aliphatic heterocycles. The largest absolute Gasteiger partial charge is 0.308 e. The molecule has 2 atom stereocenters. The van der Waals surface area contributed by atoms with Crippen LogP contribution in [0.15, 0.2) is 12.2 Å². The van der Waals surface area contributed by atoms with Crippen molar-refractivity contribution >= 4 is 5.71 Å². The highest BCUT2D eigenvalue weighted by atomic mass is 14.6. The first-order valence-corrected chi connectivity index (χ1v) is 4.44. The molecular weight excluding hydrogens is 148 g/mol. The van der Waals surface area contributed by atoms with Crippen LogP contribution in [0.2, 0.25) is 0 Å². The van der Waals surface area contributed by atoms with E-state index in [1.54, 1.807) is 0 Å². The van der Waals surface area contributed by atoms with Gasteiger partial charge in [-0.25, -0.2) is 0 Å². The summed E-state index contributed by atoms with van der Waals surface area (Å²) in [6.07, 6.45) is 7.85. The van der Waals surface area contributed by atoms with Gasteiger partial charge in [-0.15, -0.1) is 0 Å². The Morgan fingerprint density at radius 1 is 1.58 bits per heavy atom. The smallest absolute Gasteiger partial charge is 0.101 e. The predicted octanol–water partition coefficient (Wildman–Crippen LogP) is 2.28. The van der Waals surface area contributed by atoms with Crippen molar-refractivity contribution in [3.05, 3.63) is 12.2 Å². The predicted molar refractivity (Wildman–Crippen MR) is 46.9 cm³/mol. The Hall–Kier alpha value is -1.10. The molecule has 1 fully saturated rings. The number of nitrogens with zero attached hydrogens (tertiary/aromatic N) is 1. The summed E-state index contributed by atoms with van der Waals surface area (Å²) in [5, 5.41) is 16.9. The third kappa shape index (κ3) is 0.768. The molecule has 12 heavy (non-hydrogen) atoms. The summed E-state index contributed by atoms with van der Waals surface area (Å²) in [5.74, 6) is 0.431. The first kappa shape index (κ1) is 7.54. The zero-order chi connectivity index (χ0) is 8.60. The second-order valence-electron chi connectivity index (χ2n) is 3.71. The van der Waals surface area contributed by atoms with E-state index in [0.717, 1.165) is 25.7 Å². The third-order valence-electron chi connectivity index (χ3n) is 3.20. The Morgan fingerprint density at radius 2 is 2.42 bits per heavy atom. The molecule has 1 saturated carbocycles. The SMILES string of the molecule is N#CC12CC=CCC1CCC2=N. The van der Waals surface area contributed by atoms with E-state index in [1.807, 2.05) is 0 Å². The minimum Gasteiger partial charge on any atom is -0.308 e. The Morgan fingerprint density at radius 3 is 3.08 bits per heavy atom. The number of nitriles is 1. The summed E-state index contributed by atoms with van der Waals surface area (Å²) >= 11 is 0. The van der Waals surface area contributed by atoms with Crippen LogP contribution in [0.25, 0.3) is 0 Å². The number of hydrogen-bond acceptors (Lipinski definition) is 2. The molecule has 0 bridgehead atoms. The highest BCUT2D eigenvalue weighted by Crippen LogP contribution is 2.47. The van der Waals surface area contributed by atoms with Crippen molar-refractivity contribution in [3.63, 3.8) is 0 Å². The van der Waals surface area contributed by atoms with Crippen molar-refractivity contribution in [2.24, 2.45) is 11.3 Å². The van der Waals surface area contributed by atoms with Crippen molar-refractivity contribution in [1.29, 1.82) is 10.7 Å². The molecule has 2 rings (SSSR count). The van der Waals surface area contributed by atoms with E-state index in [2.05, 4.69) is 18.2 Å². The van der Waals surface area contributed by atoms with Gasteiger partial charge in [-0.1, -0.05) is 12.2 Å². The molecule has 2 nitrogen and oxygen atoms in total. The molecule has 0 aromatic heterocycles. The van der Waals surface area contributed by atoms with Crippen molar-refractivity contribution in [2.45, 2.75) is 25.7 Å². The quantitative estimate of drug-likeness (QED) is 0.543. The van der Waals surface area contributed by atoms with Gasteiger partial charge in [-0.05, 0) is 31.6 Å². The van der Waals surface area contributed by atoms with Crippen LogP contribution >= 0.6 is 0 Å². The standard InChI is InChI=1S/C10H12N2/c11-7-10-6-2-1-3-8(10)4-5-9(10)12/h1-2,8,12H,3-6H2. The summed E-state index contributed by atoms with van der Waals surface area (Å²) in [5.41, 5.74) is 0.258. The van der Waals surface area contributed by atoms with Crippen LogP contribution in [0.1, 0.15) is 25.7 Å². The lowest BCUT2D eigenvalue weighted by Gasteiger charge is -2.29. The van der Waals surface area contributed by atoms with Gasteiger partial charge in [0.15, 0.2) is 0 Å². The molecule has 0 amide bonds. The Balaban J connectivity index is 2.40. The topological polar surface area (TPSA) is 47.6 Å². The molecule has 2 unspecified atom stereocenters. The van der Waals surface area contributed by atoms with Gasteiger partial charge in [-0.2, -0.15) is 5.26 Å². The van der Waals surface area contributed by atoms with E-state index in [4.69, 9.17) is 10.7 Å². The maximum absolute atomic E-state index is 9.10. The van der Waals surface area contributed by atoms with Crippen molar-refractivity contribution in [1.82, 2.24) is 0 Å². The summed E-state index contributed by atoms with van der Waals surface area (Å²) in [7, 11) is 0. The number of nitrogens with one attached hydrogen (secondary N) is 1. The molecule has 0 saturated heterocycles. The average Bonchev–Trinajstić information content (AvgIpc) is 2.45. The lowest BCUT2D eigenvalue weighted by atomic mass is 9.71. The molecule has 0 radical (unpaired) electrons. The van der Waals surface area contributed by atoms with E-state index in [-0.39, 0.29) is 0 Å². The summed E-state index contributed by atoms with van der Waals surface area (Å²) in [6, 6.07) is 2.35. The van der Waals surface area contributed by atoms with E-state index in [9.17, 15) is 0 Å². The van der Waals surface area contributed by atoms with Gasteiger partial charge in [-0.3, -0.25) is 0 Å². The Kier molecular flexibility index (Phi) is 1.54. The lowest BCUT2D eigenvalue weighted by Crippen LogP contribution is -2.31. The lowest BCUT2D eigenvalue weighted by molar-refractivity contribution is 0.346. The van der Waals surface area contributed by atoms with Gasteiger partial charge >= 0.3 is 0 Å². The molecule has 62 valence electrons. The zero-order valence-corrected chi connectivity index (χ0v) is 7.01. The molecular formula is C10H12N2. The van der Waals surface area contributed by atoms with Gasteiger partial charge in [0.1, 0.15) is 5.41 Å². The average molecular weight is 160 g/mol. The van der Waals surface area contributed by atoms with Gasteiger partial charge < -0.3 is 5.41 Å². The number of hydrogen-bond donors (Lipinski definition) is 1. The summed E-state index contributed by atoms with van der Waals surface area (Å²) in [4.78, 5) is 0. The summed E-state index contributed by atoms with van der Waals surface area (Å²) < 4.78 is 0. The number of rotatable bonds is 0. The van der Waals surface area contributed by atoms with Crippen LogP contribution in [-0.4, -0.2) is 5.71 Å². The van der Waals surface area contributed by atoms with Crippen LogP contribution in [0, 0.1) is 28.1 Å². The Bertz CT molecular complexity index is 285. The molecule has 0 aromatic rings. The van der Waals surface area contributed by atoms with E-state index in [0.29, 0.717) is 11.6 Å². The van der Waals surface area contributed by atoms with Crippen LogP contribution in [0.3, 0.4) is 0 Å². The number of fused-ring (bicyclic) bond motifs is 1. The first-order chi connectivity index (χ1) is 5.79. The van der Waals surface area contributed by atoms with Crippen LogP contribution in [0.4, 0.5) is 0 Å². The molecule has 0 aromatic carbocycles. The first-order valence-electron chi connectivity index (χ1n) is 4.44. The Labute approximate surface area is 72.4 Å². The molecule has 2 aliphatic carbocycles. The zero-order valence-electron chi connectivity index (χ0n) is 7.01. The third-order valence-corrected chi connectivity index (χ3v) is 3.20. The fourth-order valence-corrected chi connectivity index (χ4v) is 2.38. The van der Waals surface area contributed by atoms with Crippen molar-refractivity contribution in [3.8, 4) is 6.07 Å². The summed E-state index contributed by atoms with van der Waals surface area (Å²) in [6.45, 7) is 0. The van der Waals surface area contributed by atoms with Gasteiger partial charge in [0, 0.05) is 5.71 Å². The van der Waals surface area contributed by atoms with E-state index < -0.39 is 5.41 Å². The monoisotopic (exact) mass is 160 g/mol.